The van der Waals surface area contributed by atoms with Gasteiger partial charge in [0, 0.05) is 35.8 Å². The van der Waals surface area contributed by atoms with Crippen LogP contribution < -0.4 is 5.32 Å². The third-order valence-electron chi connectivity index (χ3n) is 4.04. The van der Waals surface area contributed by atoms with Crippen LogP contribution in [0.4, 0.5) is 0 Å². The number of para-hydroxylation sites is 1. The van der Waals surface area contributed by atoms with Gasteiger partial charge >= 0.3 is 0 Å². The highest BCUT2D eigenvalue weighted by Crippen LogP contribution is 2.21. The summed E-state index contributed by atoms with van der Waals surface area (Å²) < 4.78 is 2.04. The first-order chi connectivity index (χ1) is 11.7. The van der Waals surface area contributed by atoms with Crippen LogP contribution in [-0.2, 0) is 11.8 Å². The molecule has 0 saturated heterocycles. The molecule has 0 bridgehead atoms. The number of aromatic nitrogens is 1. The Hall–Kier alpha value is -2.85. The summed E-state index contributed by atoms with van der Waals surface area (Å²) in [5.74, 6) is -0.231. The van der Waals surface area contributed by atoms with E-state index in [1.165, 1.54) is 6.08 Å². The molecule has 1 atom stereocenters. The van der Waals surface area contributed by atoms with Crippen molar-refractivity contribution in [2.45, 2.75) is 6.04 Å². The Morgan fingerprint density at radius 2 is 1.88 bits per heavy atom. The second-order valence-corrected chi connectivity index (χ2v) is 5.70. The van der Waals surface area contributed by atoms with Crippen LogP contribution in [0, 0.1) is 0 Å². The van der Waals surface area contributed by atoms with Gasteiger partial charge in [-0.3, -0.25) is 4.79 Å². The number of nitrogens with one attached hydrogen (secondary N) is 1. The fourth-order valence-electron chi connectivity index (χ4n) is 2.81. The highest BCUT2D eigenvalue weighted by Gasteiger charge is 2.11. The van der Waals surface area contributed by atoms with Gasteiger partial charge in [0.2, 0.25) is 5.91 Å². The summed E-state index contributed by atoms with van der Waals surface area (Å²) in [5, 5.41) is 13.4. The third-order valence-corrected chi connectivity index (χ3v) is 4.04. The lowest BCUT2D eigenvalue weighted by atomic mass is 10.1. The maximum atomic E-state index is 12.2. The Morgan fingerprint density at radius 3 is 2.62 bits per heavy atom. The zero-order valence-corrected chi connectivity index (χ0v) is 13.5. The van der Waals surface area contributed by atoms with Gasteiger partial charge in [0.25, 0.3) is 0 Å². The number of carbonyl (C=O) groups excluding carboxylic acids is 1. The molecule has 3 rings (SSSR count). The minimum atomic E-state index is -0.407. The predicted molar refractivity (Wildman–Crippen MR) is 96.4 cm³/mol. The van der Waals surface area contributed by atoms with Crippen molar-refractivity contribution in [2.24, 2.45) is 7.05 Å². The van der Waals surface area contributed by atoms with E-state index in [1.54, 1.807) is 6.08 Å². The molecule has 2 aromatic carbocycles. The predicted octanol–water partition coefficient (Wildman–Crippen LogP) is 3.04. The molecule has 1 heterocycles. The van der Waals surface area contributed by atoms with E-state index < -0.39 is 6.04 Å². The molecule has 0 unspecified atom stereocenters. The zero-order chi connectivity index (χ0) is 16.9. The number of hydrogen-bond donors (Lipinski definition) is 2. The average Bonchev–Trinajstić information content (AvgIpc) is 2.95. The first-order valence-corrected chi connectivity index (χ1v) is 7.87. The number of fused-ring (bicyclic) bond motifs is 1. The highest BCUT2D eigenvalue weighted by atomic mass is 16.3. The van der Waals surface area contributed by atoms with Crippen molar-refractivity contribution in [2.75, 3.05) is 6.61 Å². The van der Waals surface area contributed by atoms with Crippen molar-refractivity contribution in [3.8, 4) is 0 Å². The number of nitrogens with zero attached hydrogens (tertiary/aromatic N) is 1. The summed E-state index contributed by atoms with van der Waals surface area (Å²) in [5.41, 5.74) is 2.99. The van der Waals surface area contributed by atoms with Gasteiger partial charge in [-0.15, -0.1) is 0 Å². The molecule has 0 spiro atoms. The Bertz CT molecular complexity index is 866. The summed E-state index contributed by atoms with van der Waals surface area (Å²) in [7, 11) is 1.98. The fourth-order valence-corrected chi connectivity index (χ4v) is 2.81. The first kappa shape index (κ1) is 16.0. The van der Waals surface area contributed by atoms with Crippen molar-refractivity contribution in [3.05, 3.63) is 78.0 Å². The Balaban J connectivity index is 1.75. The maximum Gasteiger partial charge on any atom is 0.244 e. The first-order valence-electron chi connectivity index (χ1n) is 7.87. The molecule has 0 radical (unpaired) electrons. The van der Waals surface area contributed by atoms with Crippen LogP contribution in [-0.4, -0.2) is 22.2 Å². The SMILES string of the molecule is Cn1cc(/C=C/C(=O)N[C@H](CO)c2ccccc2)c2ccccc21. The van der Waals surface area contributed by atoms with E-state index in [0.717, 1.165) is 22.0 Å². The maximum absolute atomic E-state index is 12.2. The number of aliphatic hydroxyl groups excluding tert-OH is 1. The molecule has 24 heavy (non-hydrogen) atoms. The van der Waals surface area contributed by atoms with Gasteiger partial charge in [-0.2, -0.15) is 0 Å². The van der Waals surface area contributed by atoms with Crippen LogP contribution in [0.25, 0.3) is 17.0 Å². The van der Waals surface area contributed by atoms with Crippen molar-refractivity contribution < 1.29 is 9.90 Å². The van der Waals surface area contributed by atoms with Crippen molar-refractivity contribution in [3.63, 3.8) is 0 Å². The van der Waals surface area contributed by atoms with Crippen LogP contribution in [0.5, 0.6) is 0 Å². The largest absolute Gasteiger partial charge is 0.394 e. The van der Waals surface area contributed by atoms with Gasteiger partial charge in [0.15, 0.2) is 0 Å². The lowest BCUT2D eigenvalue weighted by Gasteiger charge is -2.15. The number of aryl methyl sites for hydroxylation is 1. The van der Waals surface area contributed by atoms with E-state index in [0.29, 0.717) is 0 Å². The molecule has 1 amide bonds. The van der Waals surface area contributed by atoms with Gasteiger partial charge in [-0.25, -0.2) is 0 Å². The number of amides is 1. The molecule has 1 aromatic heterocycles. The molecule has 2 N–H and O–H groups in total. The molecule has 0 fully saturated rings. The average molecular weight is 320 g/mol. The second-order valence-electron chi connectivity index (χ2n) is 5.70. The van der Waals surface area contributed by atoms with Crippen LogP contribution in [0.15, 0.2) is 66.9 Å². The standard InChI is InChI=1S/C20H20N2O2/c1-22-13-16(17-9-5-6-10-19(17)22)11-12-20(24)21-18(14-23)15-7-3-2-4-8-15/h2-13,18,23H,14H2,1H3,(H,21,24)/b12-11+/t18-/m1/s1. The fraction of sp³-hybridized carbons (Fsp3) is 0.150. The molecule has 3 aromatic rings. The van der Waals surface area contributed by atoms with Crippen LogP contribution in [0.1, 0.15) is 17.2 Å². The van der Waals surface area contributed by atoms with Gasteiger partial charge in [0.1, 0.15) is 0 Å². The van der Waals surface area contributed by atoms with Crippen molar-refractivity contribution in [1.29, 1.82) is 0 Å². The van der Waals surface area contributed by atoms with Crippen molar-refractivity contribution in [1.82, 2.24) is 9.88 Å². The van der Waals surface area contributed by atoms with E-state index >= 15 is 0 Å². The number of rotatable bonds is 5. The monoisotopic (exact) mass is 320 g/mol. The molecular formula is C20H20N2O2. The Morgan fingerprint density at radius 1 is 1.17 bits per heavy atom. The molecule has 4 nitrogen and oxygen atoms in total. The summed E-state index contributed by atoms with van der Waals surface area (Å²) in [6, 6.07) is 17.1. The van der Waals surface area contributed by atoms with E-state index in [1.807, 2.05) is 72.4 Å². The van der Waals surface area contributed by atoms with Crippen LogP contribution in [0.3, 0.4) is 0 Å². The normalized spacial score (nSPS) is 12.6. The Kier molecular flexibility index (Phi) is 4.77. The number of aliphatic hydroxyl groups is 1. The van der Waals surface area contributed by atoms with E-state index in [4.69, 9.17) is 0 Å². The number of carbonyl (C=O) groups is 1. The summed E-state index contributed by atoms with van der Waals surface area (Å²) in [6.07, 6.45) is 5.31. The topological polar surface area (TPSA) is 54.3 Å². The molecule has 4 heteroatoms. The minimum Gasteiger partial charge on any atom is -0.394 e. The quantitative estimate of drug-likeness (QED) is 0.710. The van der Waals surface area contributed by atoms with Gasteiger partial charge in [-0.05, 0) is 17.7 Å². The number of hydrogen-bond acceptors (Lipinski definition) is 2. The van der Waals surface area contributed by atoms with Crippen molar-refractivity contribution >= 4 is 22.9 Å². The van der Waals surface area contributed by atoms with Gasteiger partial charge in [0.05, 0.1) is 12.6 Å². The third kappa shape index (κ3) is 3.39. The highest BCUT2D eigenvalue weighted by molar-refractivity contribution is 5.96. The van der Waals surface area contributed by atoms with Gasteiger partial charge in [-0.1, -0.05) is 48.5 Å². The van der Waals surface area contributed by atoms with Crippen LogP contribution in [0.2, 0.25) is 0 Å². The van der Waals surface area contributed by atoms with E-state index in [2.05, 4.69) is 5.32 Å². The molecule has 0 aliphatic rings. The molecule has 122 valence electrons. The van der Waals surface area contributed by atoms with E-state index in [9.17, 15) is 9.90 Å². The van der Waals surface area contributed by atoms with E-state index in [-0.39, 0.29) is 12.5 Å². The second kappa shape index (κ2) is 7.15. The lowest BCUT2D eigenvalue weighted by Crippen LogP contribution is -2.29. The molecule has 0 aliphatic carbocycles. The molecular weight excluding hydrogens is 300 g/mol. The smallest absolute Gasteiger partial charge is 0.244 e. The Labute approximate surface area is 141 Å². The minimum absolute atomic E-state index is 0.141. The summed E-state index contributed by atoms with van der Waals surface area (Å²) in [6.45, 7) is -0.141. The number of benzene rings is 2. The van der Waals surface area contributed by atoms with Gasteiger partial charge < -0.3 is 15.0 Å². The molecule has 0 aliphatic heterocycles. The van der Waals surface area contributed by atoms with Crippen LogP contribution >= 0.6 is 0 Å². The zero-order valence-electron chi connectivity index (χ0n) is 13.5. The summed E-state index contributed by atoms with van der Waals surface area (Å²) in [4.78, 5) is 12.2. The molecule has 0 saturated carbocycles. The lowest BCUT2D eigenvalue weighted by molar-refractivity contribution is -0.117. The summed E-state index contributed by atoms with van der Waals surface area (Å²) >= 11 is 0.